The van der Waals surface area contributed by atoms with E-state index in [-0.39, 0.29) is 17.3 Å². The van der Waals surface area contributed by atoms with E-state index in [1.54, 1.807) is 0 Å². The number of hydrogen-bond donors (Lipinski definition) is 0. The lowest BCUT2D eigenvalue weighted by molar-refractivity contribution is -0.140. The molecule has 25 heavy (non-hydrogen) atoms. The molecule has 3 rings (SSSR count). The second-order valence-corrected chi connectivity index (χ2v) is 7.70. The first-order valence-corrected chi connectivity index (χ1v) is 9.70. The highest BCUT2D eigenvalue weighted by Crippen LogP contribution is 2.32. The Bertz CT molecular complexity index is 852. The molecule has 1 aliphatic rings. The summed E-state index contributed by atoms with van der Waals surface area (Å²) >= 11 is 2.68. The molecule has 1 atom stereocenters. The smallest absolute Gasteiger partial charge is 0.319 e. The zero-order valence-corrected chi connectivity index (χ0v) is 15.5. The van der Waals surface area contributed by atoms with Gasteiger partial charge >= 0.3 is 5.97 Å². The number of nitrogens with zero attached hydrogens (tertiary/aromatic N) is 2. The first-order chi connectivity index (χ1) is 12.0. The number of thioether (sulfide) groups is 2. The molecule has 1 aromatic heterocycles. The highest BCUT2D eigenvalue weighted by atomic mass is 32.2. The van der Waals surface area contributed by atoms with E-state index in [9.17, 15) is 14.0 Å². The molecule has 8 heteroatoms. The van der Waals surface area contributed by atoms with E-state index in [1.807, 2.05) is 6.92 Å². The Hall–Kier alpha value is -1.80. The normalized spacial score (nSPS) is 14.2. The average Bonchev–Trinajstić information content (AvgIpc) is 3.09. The number of carbonyl (C=O) groups excluding carboxylic acids is 1. The predicted molar refractivity (Wildman–Crippen MR) is 96.2 cm³/mol. The fraction of sp³-hybridized carbons (Fsp3) is 0.353. The number of benzene rings is 1. The fourth-order valence-corrected chi connectivity index (χ4v) is 4.64. The number of fused-ring (bicyclic) bond motifs is 1. The van der Waals surface area contributed by atoms with Gasteiger partial charge in [-0.2, -0.15) is 0 Å². The van der Waals surface area contributed by atoms with E-state index in [4.69, 9.17) is 4.74 Å². The van der Waals surface area contributed by atoms with E-state index in [2.05, 4.69) is 4.98 Å². The minimum absolute atomic E-state index is 0.179. The molecule has 1 aliphatic heterocycles. The number of rotatable bonds is 5. The fourth-order valence-electron chi connectivity index (χ4n) is 2.55. The van der Waals surface area contributed by atoms with Gasteiger partial charge in [-0.25, -0.2) is 9.37 Å². The van der Waals surface area contributed by atoms with Gasteiger partial charge in [0.15, 0.2) is 5.16 Å². The van der Waals surface area contributed by atoms with Crippen LogP contribution in [-0.4, -0.2) is 33.6 Å². The molecule has 0 amide bonds. The summed E-state index contributed by atoms with van der Waals surface area (Å²) in [5, 5.41) is -0.0363. The third-order valence-electron chi connectivity index (χ3n) is 3.83. The Balaban J connectivity index is 2.13. The van der Waals surface area contributed by atoms with Gasteiger partial charge in [-0.05, 0) is 30.7 Å². The summed E-state index contributed by atoms with van der Waals surface area (Å²) in [5.41, 5.74) is 1.10. The van der Waals surface area contributed by atoms with Crippen molar-refractivity contribution >= 4 is 29.5 Å². The monoisotopic (exact) mass is 380 g/mol. The summed E-state index contributed by atoms with van der Waals surface area (Å²) in [4.78, 5) is 30.1. The standard InChI is InChI=1S/C17H17FN2O3S2/c1-3-13(16(22)23-2)25-17-19-12-8-9-24-14(12)15(21)20(17)11-6-4-10(18)5-7-11/h4-7,13H,3,8-9H2,1-2H3. The van der Waals surface area contributed by atoms with Crippen LogP contribution in [0.1, 0.15) is 19.0 Å². The van der Waals surface area contributed by atoms with Crippen molar-refractivity contribution in [1.82, 2.24) is 9.55 Å². The van der Waals surface area contributed by atoms with E-state index in [0.717, 1.165) is 17.9 Å². The van der Waals surface area contributed by atoms with Gasteiger partial charge in [-0.3, -0.25) is 14.2 Å². The van der Waals surface area contributed by atoms with Crippen LogP contribution in [0.5, 0.6) is 0 Å². The Morgan fingerprint density at radius 1 is 1.44 bits per heavy atom. The topological polar surface area (TPSA) is 61.2 Å². The molecule has 0 aliphatic carbocycles. The lowest BCUT2D eigenvalue weighted by atomic mass is 10.3. The molecule has 5 nitrogen and oxygen atoms in total. The maximum Gasteiger partial charge on any atom is 0.319 e. The first kappa shape index (κ1) is 18.0. The highest BCUT2D eigenvalue weighted by molar-refractivity contribution is 8.00. The van der Waals surface area contributed by atoms with Crippen LogP contribution < -0.4 is 5.56 Å². The number of methoxy groups -OCH3 is 1. The largest absolute Gasteiger partial charge is 0.468 e. The van der Waals surface area contributed by atoms with Crippen molar-refractivity contribution in [1.29, 1.82) is 0 Å². The summed E-state index contributed by atoms with van der Waals surface area (Å²) in [6.07, 6.45) is 1.27. The van der Waals surface area contributed by atoms with Gasteiger partial charge in [-0.1, -0.05) is 18.7 Å². The predicted octanol–water partition coefficient (Wildman–Crippen LogP) is 3.06. The van der Waals surface area contributed by atoms with Crippen molar-refractivity contribution in [2.75, 3.05) is 12.9 Å². The van der Waals surface area contributed by atoms with Crippen LogP contribution in [0.2, 0.25) is 0 Å². The number of carbonyl (C=O) groups is 1. The van der Waals surface area contributed by atoms with E-state index >= 15 is 0 Å². The number of aryl methyl sites for hydroxylation is 1. The molecule has 0 N–H and O–H groups in total. The first-order valence-electron chi connectivity index (χ1n) is 7.84. The average molecular weight is 380 g/mol. The number of hydrogen-bond acceptors (Lipinski definition) is 6. The van der Waals surface area contributed by atoms with Crippen molar-refractivity contribution in [3.8, 4) is 5.69 Å². The molecule has 1 aromatic carbocycles. The van der Waals surface area contributed by atoms with E-state index in [1.165, 1.54) is 59.5 Å². The highest BCUT2D eigenvalue weighted by Gasteiger charge is 2.26. The summed E-state index contributed by atoms with van der Waals surface area (Å²) < 4.78 is 19.5. The number of esters is 1. The Morgan fingerprint density at radius 3 is 2.80 bits per heavy atom. The number of ether oxygens (including phenoxy) is 1. The van der Waals surface area contributed by atoms with Crippen LogP contribution in [-0.2, 0) is 16.0 Å². The van der Waals surface area contributed by atoms with Crippen molar-refractivity contribution < 1.29 is 13.9 Å². The Labute approximate surface area is 153 Å². The zero-order chi connectivity index (χ0) is 18.0. The summed E-state index contributed by atoms with van der Waals surface area (Å²) in [7, 11) is 1.34. The molecule has 0 saturated carbocycles. The SMILES string of the molecule is CCC(Sc1nc2c(c(=O)n1-c1ccc(F)cc1)SCC2)C(=O)OC. The Morgan fingerprint density at radius 2 is 2.16 bits per heavy atom. The maximum absolute atomic E-state index is 13.3. The zero-order valence-electron chi connectivity index (χ0n) is 13.8. The molecular weight excluding hydrogens is 363 g/mol. The van der Waals surface area contributed by atoms with Crippen molar-refractivity contribution in [3.63, 3.8) is 0 Å². The molecule has 1 unspecified atom stereocenters. The van der Waals surface area contributed by atoms with Crippen molar-refractivity contribution in [2.24, 2.45) is 0 Å². The number of aromatic nitrogens is 2. The maximum atomic E-state index is 13.3. The van der Waals surface area contributed by atoms with Gasteiger partial charge in [0.05, 0.1) is 23.4 Å². The number of halogens is 1. The van der Waals surface area contributed by atoms with E-state index in [0.29, 0.717) is 22.2 Å². The van der Waals surface area contributed by atoms with Crippen molar-refractivity contribution in [2.45, 2.75) is 35.1 Å². The van der Waals surface area contributed by atoms with Gasteiger partial charge in [0.2, 0.25) is 0 Å². The van der Waals surface area contributed by atoms with Crippen LogP contribution in [0, 0.1) is 5.82 Å². The van der Waals surface area contributed by atoms with Crippen LogP contribution in [0.3, 0.4) is 0 Å². The van der Waals surface area contributed by atoms with Gasteiger partial charge in [0.1, 0.15) is 11.1 Å². The minimum Gasteiger partial charge on any atom is -0.468 e. The van der Waals surface area contributed by atoms with E-state index < -0.39 is 5.25 Å². The lowest BCUT2D eigenvalue weighted by Gasteiger charge is -2.17. The molecule has 132 valence electrons. The Kier molecular flexibility index (Phi) is 5.48. The molecule has 0 saturated heterocycles. The third kappa shape index (κ3) is 3.59. The second-order valence-electron chi connectivity index (χ2n) is 5.42. The minimum atomic E-state index is -0.462. The molecule has 0 spiro atoms. The molecule has 2 aromatic rings. The third-order valence-corrected chi connectivity index (χ3v) is 6.24. The summed E-state index contributed by atoms with van der Waals surface area (Å²) in [6.45, 7) is 1.87. The van der Waals surface area contributed by atoms with Gasteiger partial charge in [-0.15, -0.1) is 11.8 Å². The van der Waals surface area contributed by atoms with Gasteiger partial charge in [0, 0.05) is 12.2 Å². The van der Waals surface area contributed by atoms with Crippen LogP contribution in [0.25, 0.3) is 5.69 Å². The quantitative estimate of drug-likeness (QED) is 0.451. The molecule has 2 heterocycles. The van der Waals surface area contributed by atoms with Gasteiger partial charge < -0.3 is 4.74 Å². The van der Waals surface area contributed by atoms with Crippen LogP contribution >= 0.6 is 23.5 Å². The van der Waals surface area contributed by atoms with Crippen molar-refractivity contribution in [3.05, 3.63) is 46.1 Å². The second kappa shape index (κ2) is 7.61. The van der Waals surface area contributed by atoms with Gasteiger partial charge in [0.25, 0.3) is 5.56 Å². The molecule has 0 radical (unpaired) electrons. The van der Waals surface area contributed by atoms with Crippen LogP contribution in [0.15, 0.2) is 39.1 Å². The molecule has 0 bridgehead atoms. The molecular formula is C17H17FN2O3S2. The lowest BCUT2D eigenvalue weighted by Crippen LogP contribution is -2.26. The summed E-state index contributed by atoms with van der Waals surface area (Å²) in [6, 6.07) is 5.67. The summed E-state index contributed by atoms with van der Waals surface area (Å²) in [5.74, 6) is 0.0707. The molecule has 0 fully saturated rings. The van der Waals surface area contributed by atoms with Crippen LogP contribution in [0.4, 0.5) is 4.39 Å².